The zero-order valence-corrected chi connectivity index (χ0v) is 17.6. The molecule has 0 aromatic heterocycles. The highest BCUT2D eigenvalue weighted by atomic mass is 127. The summed E-state index contributed by atoms with van der Waals surface area (Å²) in [6, 6.07) is 0.475. The van der Waals surface area contributed by atoms with Gasteiger partial charge < -0.3 is 20.1 Å². The van der Waals surface area contributed by atoms with Crippen molar-refractivity contribution in [3.63, 3.8) is 0 Å². The van der Waals surface area contributed by atoms with E-state index in [1.807, 2.05) is 7.05 Å². The van der Waals surface area contributed by atoms with Crippen molar-refractivity contribution in [2.75, 3.05) is 27.3 Å². The molecule has 0 radical (unpaired) electrons. The Morgan fingerprint density at radius 2 is 1.96 bits per heavy atom. The molecule has 2 saturated carbocycles. The fraction of sp³-hybridized carbons (Fsp3) is 0.941. The van der Waals surface area contributed by atoms with Crippen LogP contribution in [0.2, 0.25) is 0 Å². The Labute approximate surface area is 158 Å². The van der Waals surface area contributed by atoms with E-state index in [1.165, 1.54) is 25.7 Å². The monoisotopic (exact) mass is 439 g/mol. The smallest absolute Gasteiger partial charge is 0.191 e. The fourth-order valence-corrected chi connectivity index (χ4v) is 3.82. The van der Waals surface area contributed by atoms with Gasteiger partial charge in [0.25, 0.3) is 0 Å². The van der Waals surface area contributed by atoms with Gasteiger partial charge in [0.15, 0.2) is 5.96 Å². The first-order valence-electron chi connectivity index (χ1n) is 8.61. The Balaban J connectivity index is 0.00000264. The van der Waals surface area contributed by atoms with Gasteiger partial charge in [0.1, 0.15) is 0 Å². The molecule has 0 aromatic carbocycles. The maximum Gasteiger partial charge on any atom is 0.191 e. The average molecular weight is 439 g/mol. The Morgan fingerprint density at radius 3 is 2.48 bits per heavy atom. The van der Waals surface area contributed by atoms with E-state index in [1.54, 1.807) is 7.11 Å². The topological polar surface area (TPSA) is 54.9 Å². The molecule has 2 unspecified atom stereocenters. The summed E-state index contributed by atoms with van der Waals surface area (Å²) in [7, 11) is 3.57. The van der Waals surface area contributed by atoms with Gasteiger partial charge in [-0.3, -0.25) is 4.99 Å². The van der Waals surface area contributed by atoms with Crippen LogP contribution in [0, 0.1) is 5.41 Å². The van der Waals surface area contributed by atoms with Crippen molar-refractivity contribution in [1.82, 2.24) is 10.6 Å². The summed E-state index contributed by atoms with van der Waals surface area (Å²) in [5.41, 5.74) is 0.126. The zero-order valence-electron chi connectivity index (χ0n) is 15.3. The Bertz CT molecular complexity index is 395. The Hall–Kier alpha value is -0.0800. The van der Waals surface area contributed by atoms with Crippen molar-refractivity contribution < 1.29 is 9.47 Å². The van der Waals surface area contributed by atoms with Gasteiger partial charge in [-0.05, 0) is 40.0 Å². The summed E-state index contributed by atoms with van der Waals surface area (Å²) in [5.74, 6) is 0.872. The molecule has 2 atom stereocenters. The summed E-state index contributed by atoms with van der Waals surface area (Å²) in [6.07, 6.45) is 6.70. The van der Waals surface area contributed by atoms with E-state index >= 15 is 0 Å². The molecule has 23 heavy (non-hydrogen) atoms. The number of methoxy groups -OCH3 is 1. The van der Waals surface area contributed by atoms with E-state index in [2.05, 4.69) is 36.4 Å². The number of aliphatic imine (C=N–C) groups is 1. The van der Waals surface area contributed by atoms with Crippen molar-refractivity contribution in [1.29, 1.82) is 0 Å². The highest BCUT2D eigenvalue weighted by molar-refractivity contribution is 14.0. The van der Waals surface area contributed by atoms with Gasteiger partial charge in [0, 0.05) is 38.8 Å². The van der Waals surface area contributed by atoms with Crippen LogP contribution in [0.3, 0.4) is 0 Å². The molecule has 0 aromatic rings. The number of guanidine groups is 1. The molecule has 0 heterocycles. The van der Waals surface area contributed by atoms with E-state index in [9.17, 15) is 0 Å². The summed E-state index contributed by atoms with van der Waals surface area (Å²) < 4.78 is 11.4. The number of ether oxygens (including phenoxy) is 2. The summed E-state index contributed by atoms with van der Waals surface area (Å²) in [6.45, 7) is 7.78. The number of rotatable bonds is 6. The Kier molecular flexibility index (Phi) is 8.07. The average Bonchev–Trinajstić information content (AvgIpc) is 3.02. The van der Waals surface area contributed by atoms with Gasteiger partial charge in [-0.1, -0.05) is 12.8 Å². The number of nitrogens with zero attached hydrogens (tertiary/aromatic N) is 1. The van der Waals surface area contributed by atoms with Crippen LogP contribution in [0.4, 0.5) is 0 Å². The molecule has 5 nitrogen and oxygen atoms in total. The second-order valence-electron chi connectivity index (χ2n) is 7.21. The lowest BCUT2D eigenvalue weighted by Crippen LogP contribution is -2.65. The standard InChI is InChI=1S/C17H33N3O2.HI/c1-6-22-14-11-13(17(14)9-7-8-10-17)20-15(18-4)19-12-16(2,3)21-5;/h13-14H,6-12H2,1-5H3,(H2,18,19,20);1H. The first kappa shape index (κ1) is 21.0. The normalized spacial score (nSPS) is 26.6. The number of hydrogen-bond acceptors (Lipinski definition) is 3. The second kappa shape index (κ2) is 8.85. The molecule has 0 saturated heterocycles. The van der Waals surface area contributed by atoms with Crippen LogP contribution < -0.4 is 10.6 Å². The first-order valence-corrected chi connectivity index (χ1v) is 8.61. The van der Waals surface area contributed by atoms with Crippen LogP contribution in [0.15, 0.2) is 4.99 Å². The van der Waals surface area contributed by atoms with Crippen molar-refractivity contribution in [2.45, 2.75) is 70.6 Å². The van der Waals surface area contributed by atoms with Crippen LogP contribution in [0.1, 0.15) is 52.9 Å². The van der Waals surface area contributed by atoms with Crippen molar-refractivity contribution >= 4 is 29.9 Å². The summed E-state index contributed by atoms with van der Waals surface area (Å²) in [4.78, 5) is 4.37. The second-order valence-corrected chi connectivity index (χ2v) is 7.21. The van der Waals surface area contributed by atoms with Gasteiger partial charge in [0.2, 0.25) is 0 Å². The molecule has 2 N–H and O–H groups in total. The fourth-order valence-electron chi connectivity index (χ4n) is 3.82. The molecular weight excluding hydrogens is 405 g/mol. The molecule has 0 bridgehead atoms. The zero-order chi connectivity index (χ0) is 16.2. The third-order valence-electron chi connectivity index (χ3n) is 5.46. The highest BCUT2D eigenvalue weighted by Crippen LogP contribution is 2.54. The number of hydrogen-bond donors (Lipinski definition) is 2. The number of halogens is 1. The quantitative estimate of drug-likeness (QED) is 0.380. The van der Waals surface area contributed by atoms with Gasteiger partial charge in [-0.25, -0.2) is 0 Å². The molecule has 1 spiro atoms. The van der Waals surface area contributed by atoms with Crippen LogP contribution in [-0.2, 0) is 9.47 Å². The molecule has 2 aliphatic carbocycles. The van der Waals surface area contributed by atoms with Crippen molar-refractivity contribution in [2.24, 2.45) is 10.4 Å². The minimum absolute atomic E-state index is 0. The molecule has 6 heteroatoms. The lowest BCUT2D eigenvalue weighted by Gasteiger charge is -2.54. The summed E-state index contributed by atoms with van der Waals surface area (Å²) in [5, 5.41) is 7.01. The maximum absolute atomic E-state index is 5.97. The third kappa shape index (κ3) is 4.72. The minimum Gasteiger partial charge on any atom is -0.378 e. The third-order valence-corrected chi connectivity index (χ3v) is 5.46. The van der Waals surface area contributed by atoms with E-state index in [0.29, 0.717) is 17.6 Å². The van der Waals surface area contributed by atoms with Gasteiger partial charge in [-0.2, -0.15) is 0 Å². The van der Waals surface area contributed by atoms with Crippen molar-refractivity contribution in [3.05, 3.63) is 0 Å². The van der Waals surface area contributed by atoms with E-state index in [0.717, 1.165) is 25.5 Å². The molecule has 2 rings (SSSR count). The summed E-state index contributed by atoms with van der Waals surface area (Å²) >= 11 is 0. The maximum atomic E-state index is 5.97. The molecule has 0 aliphatic heterocycles. The van der Waals surface area contributed by atoms with Crippen LogP contribution >= 0.6 is 24.0 Å². The van der Waals surface area contributed by atoms with Gasteiger partial charge in [-0.15, -0.1) is 24.0 Å². The predicted octanol–water partition coefficient (Wildman–Crippen LogP) is 2.93. The largest absolute Gasteiger partial charge is 0.378 e. The predicted molar refractivity (Wildman–Crippen MR) is 106 cm³/mol. The molecule has 0 amide bonds. The Morgan fingerprint density at radius 1 is 1.30 bits per heavy atom. The van der Waals surface area contributed by atoms with E-state index in [4.69, 9.17) is 9.47 Å². The van der Waals surface area contributed by atoms with E-state index < -0.39 is 0 Å². The molecule has 2 fully saturated rings. The minimum atomic E-state index is -0.198. The lowest BCUT2D eigenvalue weighted by molar-refractivity contribution is -0.125. The van der Waals surface area contributed by atoms with Gasteiger partial charge >= 0.3 is 0 Å². The van der Waals surface area contributed by atoms with Crippen LogP contribution in [0.25, 0.3) is 0 Å². The number of nitrogens with one attached hydrogen (secondary N) is 2. The molecule has 136 valence electrons. The van der Waals surface area contributed by atoms with Crippen LogP contribution in [-0.4, -0.2) is 51.0 Å². The van der Waals surface area contributed by atoms with Crippen molar-refractivity contribution in [3.8, 4) is 0 Å². The molecule has 2 aliphatic rings. The van der Waals surface area contributed by atoms with Gasteiger partial charge in [0.05, 0.1) is 11.7 Å². The highest BCUT2D eigenvalue weighted by Gasteiger charge is 2.56. The first-order chi connectivity index (χ1) is 10.5. The van der Waals surface area contributed by atoms with Crippen LogP contribution in [0.5, 0.6) is 0 Å². The van der Waals surface area contributed by atoms with E-state index in [-0.39, 0.29) is 29.6 Å². The lowest BCUT2D eigenvalue weighted by atomic mass is 9.60. The molecular formula is C17H34IN3O2. The SMILES string of the molecule is CCOC1CC(NC(=NC)NCC(C)(C)OC)C12CCCC2.I.